The van der Waals surface area contributed by atoms with Gasteiger partial charge in [0.25, 0.3) is 5.91 Å². The minimum Gasteiger partial charge on any atom is -0.394 e. The first-order chi connectivity index (χ1) is 8.49. The van der Waals surface area contributed by atoms with Gasteiger partial charge in [-0.15, -0.1) is 0 Å². The number of carbonyl (C=O) groups is 1. The van der Waals surface area contributed by atoms with E-state index in [0.717, 1.165) is 0 Å². The second kappa shape index (κ2) is 6.56. The Morgan fingerprint density at radius 1 is 1.61 bits per heavy atom. The predicted octanol–water partition coefficient (Wildman–Crippen LogP) is 1.62. The molecule has 0 aliphatic heterocycles. The van der Waals surface area contributed by atoms with Gasteiger partial charge in [0, 0.05) is 19.2 Å². The number of aliphatic hydroxyl groups is 1. The van der Waals surface area contributed by atoms with E-state index in [-0.39, 0.29) is 23.7 Å². The van der Waals surface area contributed by atoms with Gasteiger partial charge in [-0.1, -0.05) is 11.6 Å². The van der Waals surface area contributed by atoms with Gasteiger partial charge in [0.1, 0.15) is 11.0 Å². The summed E-state index contributed by atoms with van der Waals surface area (Å²) < 4.78 is 0. The monoisotopic (exact) mass is 271 g/mol. The molecule has 1 rings (SSSR count). The van der Waals surface area contributed by atoms with Crippen LogP contribution in [-0.2, 0) is 0 Å². The molecule has 5 nitrogen and oxygen atoms in total. The molecule has 0 fully saturated rings. The number of aromatic nitrogens is 1. The number of halogens is 1. The summed E-state index contributed by atoms with van der Waals surface area (Å²) in [6.07, 6.45) is 0. The second-order valence-corrected chi connectivity index (χ2v) is 4.43. The molecule has 1 heterocycles. The summed E-state index contributed by atoms with van der Waals surface area (Å²) in [6.45, 7) is 4.32. The van der Waals surface area contributed by atoms with E-state index < -0.39 is 0 Å². The van der Waals surface area contributed by atoms with Crippen molar-refractivity contribution in [3.05, 3.63) is 22.8 Å². The molecule has 0 aromatic carbocycles. The molecule has 0 saturated carbocycles. The van der Waals surface area contributed by atoms with Crippen LogP contribution in [0.15, 0.2) is 12.1 Å². The van der Waals surface area contributed by atoms with Gasteiger partial charge in [0.2, 0.25) is 0 Å². The van der Waals surface area contributed by atoms with Crippen LogP contribution in [0.25, 0.3) is 0 Å². The van der Waals surface area contributed by atoms with Crippen molar-refractivity contribution in [1.29, 1.82) is 0 Å². The van der Waals surface area contributed by atoms with Crippen molar-refractivity contribution >= 4 is 23.3 Å². The maximum atomic E-state index is 12.2. The van der Waals surface area contributed by atoms with Gasteiger partial charge < -0.3 is 15.3 Å². The molecule has 1 atom stereocenters. The normalized spacial score (nSPS) is 12.1. The zero-order valence-corrected chi connectivity index (χ0v) is 11.5. The van der Waals surface area contributed by atoms with Crippen LogP contribution in [0.4, 0.5) is 5.82 Å². The summed E-state index contributed by atoms with van der Waals surface area (Å²) in [5.41, 5.74) is 0.453. The highest BCUT2D eigenvalue weighted by atomic mass is 35.5. The van der Waals surface area contributed by atoms with Gasteiger partial charge in [-0.25, -0.2) is 4.98 Å². The molecule has 1 unspecified atom stereocenters. The molecule has 0 bridgehead atoms. The fraction of sp³-hybridized carbons (Fsp3) is 0.500. The van der Waals surface area contributed by atoms with Crippen LogP contribution in [0, 0.1) is 0 Å². The van der Waals surface area contributed by atoms with Crippen molar-refractivity contribution in [3.63, 3.8) is 0 Å². The van der Waals surface area contributed by atoms with Crippen LogP contribution in [-0.4, -0.2) is 47.1 Å². The number of aliphatic hydroxyl groups excluding tert-OH is 1. The molecule has 1 amide bonds. The Morgan fingerprint density at radius 2 is 2.28 bits per heavy atom. The zero-order chi connectivity index (χ0) is 13.7. The van der Waals surface area contributed by atoms with Crippen molar-refractivity contribution in [2.24, 2.45) is 0 Å². The maximum absolute atomic E-state index is 12.2. The van der Waals surface area contributed by atoms with Crippen molar-refractivity contribution in [1.82, 2.24) is 9.88 Å². The number of nitrogens with one attached hydrogen (secondary N) is 1. The predicted molar refractivity (Wildman–Crippen MR) is 72.1 cm³/mol. The van der Waals surface area contributed by atoms with Gasteiger partial charge in [-0.05, 0) is 26.0 Å². The Morgan fingerprint density at radius 3 is 2.83 bits per heavy atom. The summed E-state index contributed by atoms with van der Waals surface area (Å²) in [4.78, 5) is 17.7. The van der Waals surface area contributed by atoms with Gasteiger partial charge in [-0.3, -0.25) is 4.79 Å². The van der Waals surface area contributed by atoms with E-state index in [0.29, 0.717) is 17.9 Å². The quantitative estimate of drug-likeness (QED) is 0.799. The van der Waals surface area contributed by atoms with Crippen molar-refractivity contribution in [3.8, 4) is 0 Å². The molecule has 0 spiro atoms. The summed E-state index contributed by atoms with van der Waals surface area (Å²) >= 11 is 5.88. The van der Waals surface area contributed by atoms with E-state index in [9.17, 15) is 4.79 Å². The molecule has 0 saturated heterocycles. The topological polar surface area (TPSA) is 65.5 Å². The molecule has 0 radical (unpaired) electrons. The highest BCUT2D eigenvalue weighted by Crippen LogP contribution is 2.16. The Kier molecular flexibility index (Phi) is 5.37. The van der Waals surface area contributed by atoms with Crippen LogP contribution >= 0.6 is 11.6 Å². The van der Waals surface area contributed by atoms with E-state index in [4.69, 9.17) is 16.7 Å². The number of amides is 1. The van der Waals surface area contributed by atoms with E-state index in [1.807, 2.05) is 6.92 Å². The van der Waals surface area contributed by atoms with E-state index in [1.54, 1.807) is 20.0 Å². The van der Waals surface area contributed by atoms with Crippen LogP contribution < -0.4 is 5.32 Å². The first kappa shape index (κ1) is 14.7. The Labute approximate surface area is 112 Å². The summed E-state index contributed by atoms with van der Waals surface area (Å²) in [7, 11) is 1.64. The van der Waals surface area contributed by atoms with Gasteiger partial charge in [0.15, 0.2) is 0 Å². The number of anilines is 1. The smallest absolute Gasteiger partial charge is 0.254 e. The van der Waals surface area contributed by atoms with E-state index in [2.05, 4.69) is 10.3 Å². The van der Waals surface area contributed by atoms with Crippen LogP contribution in [0.5, 0.6) is 0 Å². The molecular formula is C12H18ClN3O2. The highest BCUT2D eigenvalue weighted by Gasteiger charge is 2.18. The van der Waals surface area contributed by atoms with Crippen LogP contribution in [0.3, 0.4) is 0 Å². The highest BCUT2D eigenvalue weighted by molar-refractivity contribution is 6.29. The summed E-state index contributed by atoms with van der Waals surface area (Å²) in [5, 5.41) is 12.3. The molecule has 6 heteroatoms. The molecular weight excluding hydrogens is 254 g/mol. The minimum atomic E-state index is -0.243. The summed E-state index contributed by atoms with van der Waals surface area (Å²) in [6, 6.07) is 2.93. The lowest BCUT2D eigenvalue weighted by atomic mass is 10.2. The number of hydrogen-bond acceptors (Lipinski definition) is 4. The first-order valence-corrected chi connectivity index (χ1v) is 6.16. The lowest BCUT2D eigenvalue weighted by molar-refractivity contribution is 0.0682. The number of pyridine rings is 1. The third-order valence-corrected chi connectivity index (χ3v) is 2.84. The number of rotatable bonds is 5. The third kappa shape index (κ3) is 3.58. The molecule has 100 valence electrons. The Hall–Kier alpha value is -1.33. The second-order valence-electron chi connectivity index (χ2n) is 4.04. The van der Waals surface area contributed by atoms with Crippen LogP contribution in [0.1, 0.15) is 24.2 Å². The number of nitrogens with zero attached hydrogens (tertiary/aromatic N) is 2. The number of hydrogen-bond donors (Lipinski definition) is 2. The minimum absolute atomic E-state index is 0.0822. The maximum Gasteiger partial charge on any atom is 0.254 e. The molecule has 0 aliphatic carbocycles. The Bertz CT molecular complexity index is 426. The van der Waals surface area contributed by atoms with Crippen molar-refractivity contribution < 1.29 is 9.90 Å². The van der Waals surface area contributed by atoms with Gasteiger partial charge in [0.05, 0.1) is 12.6 Å². The molecule has 0 aliphatic rings. The molecule has 1 aromatic heterocycles. The zero-order valence-electron chi connectivity index (χ0n) is 10.8. The molecule has 1 aromatic rings. The largest absolute Gasteiger partial charge is 0.394 e. The number of carbonyl (C=O) groups excluding carboxylic acids is 1. The van der Waals surface area contributed by atoms with Crippen molar-refractivity contribution in [2.45, 2.75) is 19.9 Å². The fourth-order valence-corrected chi connectivity index (χ4v) is 1.63. The van der Waals surface area contributed by atoms with Gasteiger partial charge >= 0.3 is 0 Å². The van der Waals surface area contributed by atoms with Gasteiger partial charge in [-0.2, -0.15) is 0 Å². The third-order valence-electron chi connectivity index (χ3n) is 2.64. The average molecular weight is 272 g/mol. The molecule has 18 heavy (non-hydrogen) atoms. The van der Waals surface area contributed by atoms with E-state index in [1.165, 1.54) is 11.0 Å². The van der Waals surface area contributed by atoms with Crippen molar-refractivity contribution in [2.75, 3.05) is 25.5 Å². The lowest BCUT2D eigenvalue weighted by Crippen LogP contribution is -2.37. The Balaban J connectivity index is 2.98. The van der Waals surface area contributed by atoms with E-state index >= 15 is 0 Å². The fourth-order valence-electron chi connectivity index (χ4n) is 1.42. The SMILES string of the molecule is CCNc1cc(C(=O)N(C)C(C)CO)cc(Cl)n1. The standard InChI is InChI=1S/C12H18ClN3O2/c1-4-14-11-6-9(5-10(13)15-11)12(18)16(3)8(2)7-17/h5-6,8,17H,4,7H2,1-3H3,(H,14,15). The summed E-state index contributed by atoms with van der Waals surface area (Å²) in [5.74, 6) is 0.374. The average Bonchev–Trinajstić information content (AvgIpc) is 2.35. The van der Waals surface area contributed by atoms with Crippen LogP contribution in [0.2, 0.25) is 5.15 Å². The number of likely N-dealkylation sites (N-methyl/N-ethyl adjacent to an activating group) is 1. The molecule has 2 N–H and O–H groups in total. The lowest BCUT2D eigenvalue weighted by Gasteiger charge is -2.23. The first-order valence-electron chi connectivity index (χ1n) is 5.79.